The topological polar surface area (TPSA) is 29.9 Å². The lowest BCUT2D eigenvalue weighted by Crippen LogP contribution is -2.27. The Morgan fingerprint density at radius 2 is 2.05 bits per heavy atom. The number of hydrogen-bond donors (Lipinski definition) is 1. The van der Waals surface area contributed by atoms with Crippen LogP contribution in [0.5, 0.6) is 5.75 Å². The molecule has 2 aromatic rings. The fourth-order valence-corrected chi connectivity index (χ4v) is 4.15. The number of hydrogen-bond acceptors (Lipinski definition) is 2. The molecular weight excluding hydrogens is 280 g/mol. The molecule has 0 saturated heterocycles. The number of fused-ring (bicyclic) bond motifs is 1. The molecule has 1 heterocycles. The Labute approximate surface area is 131 Å². The van der Waals surface area contributed by atoms with Gasteiger partial charge >= 0.3 is 0 Å². The van der Waals surface area contributed by atoms with Crippen molar-refractivity contribution >= 4 is 23.3 Å². The SMILES string of the molecule is COc1ccc2c(c1)[nH]c(=S)n2C1CCCCC1C(C)C. The Morgan fingerprint density at radius 1 is 1.29 bits per heavy atom. The first-order chi connectivity index (χ1) is 10.1. The second-order valence-corrected chi connectivity index (χ2v) is 6.83. The van der Waals surface area contributed by atoms with Gasteiger partial charge < -0.3 is 14.3 Å². The molecule has 2 unspecified atom stereocenters. The van der Waals surface area contributed by atoms with Crippen molar-refractivity contribution in [2.24, 2.45) is 11.8 Å². The minimum atomic E-state index is 0.522. The summed E-state index contributed by atoms with van der Waals surface area (Å²) in [5.41, 5.74) is 2.28. The van der Waals surface area contributed by atoms with Crippen LogP contribution in [0, 0.1) is 16.6 Å². The third-order valence-electron chi connectivity index (χ3n) is 4.89. The second kappa shape index (κ2) is 5.84. The van der Waals surface area contributed by atoms with Crippen molar-refractivity contribution in [1.82, 2.24) is 9.55 Å². The van der Waals surface area contributed by atoms with Crippen LogP contribution in [-0.4, -0.2) is 16.7 Å². The van der Waals surface area contributed by atoms with Gasteiger partial charge in [-0.2, -0.15) is 0 Å². The lowest BCUT2D eigenvalue weighted by molar-refractivity contribution is 0.186. The number of methoxy groups -OCH3 is 1. The molecule has 0 bridgehead atoms. The van der Waals surface area contributed by atoms with E-state index in [4.69, 9.17) is 17.0 Å². The summed E-state index contributed by atoms with van der Waals surface area (Å²) in [6.45, 7) is 4.68. The average molecular weight is 304 g/mol. The number of benzene rings is 1. The molecule has 1 aromatic carbocycles. The molecule has 21 heavy (non-hydrogen) atoms. The van der Waals surface area contributed by atoms with Crippen LogP contribution in [0.25, 0.3) is 11.0 Å². The summed E-state index contributed by atoms with van der Waals surface area (Å²) in [6.07, 6.45) is 5.20. The highest BCUT2D eigenvalue weighted by atomic mass is 32.1. The van der Waals surface area contributed by atoms with Crippen LogP contribution < -0.4 is 4.74 Å². The van der Waals surface area contributed by atoms with Gasteiger partial charge in [-0.3, -0.25) is 0 Å². The monoisotopic (exact) mass is 304 g/mol. The first-order valence-electron chi connectivity index (χ1n) is 7.90. The number of imidazole rings is 1. The summed E-state index contributed by atoms with van der Waals surface area (Å²) >= 11 is 5.62. The predicted octanol–water partition coefficient (Wildman–Crippen LogP) is 5.09. The molecule has 0 aliphatic heterocycles. The Kier molecular flexibility index (Phi) is 4.07. The van der Waals surface area contributed by atoms with Crippen molar-refractivity contribution in [1.29, 1.82) is 0 Å². The van der Waals surface area contributed by atoms with E-state index >= 15 is 0 Å². The second-order valence-electron chi connectivity index (χ2n) is 6.44. The van der Waals surface area contributed by atoms with Gasteiger partial charge in [0.15, 0.2) is 4.77 Å². The molecule has 114 valence electrons. The van der Waals surface area contributed by atoms with Gasteiger partial charge in [0.05, 0.1) is 18.1 Å². The van der Waals surface area contributed by atoms with E-state index in [0.717, 1.165) is 16.0 Å². The Bertz CT molecular complexity index is 686. The van der Waals surface area contributed by atoms with Gasteiger partial charge in [0.1, 0.15) is 5.75 Å². The molecule has 1 aliphatic carbocycles. The number of nitrogens with one attached hydrogen (secondary N) is 1. The maximum atomic E-state index is 5.62. The van der Waals surface area contributed by atoms with Crippen LogP contribution in [-0.2, 0) is 0 Å². The Morgan fingerprint density at radius 3 is 2.76 bits per heavy atom. The Hall–Kier alpha value is -1.29. The third-order valence-corrected chi connectivity index (χ3v) is 5.19. The molecule has 3 rings (SSSR count). The van der Waals surface area contributed by atoms with Gasteiger partial charge in [0.25, 0.3) is 0 Å². The minimum absolute atomic E-state index is 0.522. The normalized spacial score (nSPS) is 22.9. The van der Waals surface area contributed by atoms with Gasteiger partial charge in [-0.1, -0.05) is 26.7 Å². The summed E-state index contributed by atoms with van der Waals surface area (Å²) in [6, 6.07) is 6.71. The standard InChI is InChI=1S/C17H24N2OS/c1-11(2)13-6-4-5-7-15(13)19-16-9-8-12(20-3)10-14(16)18-17(19)21/h8-11,13,15H,4-7H2,1-3H3,(H,18,21). The summed E-state index contributed by atoms with van der Waals surface area (Å²) < 4.78 is 8.51. The molecule has 0 radical (unpaired) electrons. The largest absolute Gasteiger partial charge is 0.497 e. The molecule has 1 aromatic heterocycles. The smallest absolute Gasteiger partial charge is 0.178 e. The van der Waals surface area contributed by atoms with Gasteiger partial charge in [0, 0.05) is 12.1 Å². The van der Waals surface area contributed by atoms with E-state index in [0.29, 0.717) is 17.9 Å². The highest BCUT2D eigenvalue weighted by Crippen LogP contribution is 2.40. The molecule has 1 saturated carbocycles. The molecule has 3 nitrogen and oxygen atoms in total. The number of aromatic amines is 1. The fourth-order valence-electron chi connectivity index (χ4n) is 3.80. The molecule has 1 fully saturated rings. The number of nitrogens with zero attached hydrogens (tertiary/aromatic N) is 1. The van der Waals surface area contributed by atoms with E-state index in [1.54, 1.807) is 7.11 Å². The van der Waals surface area contributed by atoms with Gasteiger partial charge in [0.2, 0.25) is 0 Å². The van der Waals surface area contributed by atoms with Crippen molar-refractivity contribution in [3.8, 4) is 5.75 Å². The van der Waals surface area contributed by atoms with E-state index in [-0.39, 0.29) is 0 Å². The number of aromatic nitrogens is 2. The lowest BCUT2D eigenvalue weighted by Gasteiger charge is -2.35. The van der Waals surface area contributed by atoms with Crippen LogP contribution in [0.2, 0.25) is 0 Å². The highest BCUT2D eigenvalue weighted by molar-refractivity contribution is 7.71. The summed E-state index contributed by atoms with van der Waals surface area (Å²) in [5, 5.41) is 0. The van der Waals surface area contributed by atoms with Crippen LogP contribution in [0.4, 0.5) is 0 Å². The minimum Gasteiger partial charge on any atom is -0.497 e. The fraction of sp³-hybridized carbons (Fsp3) is 0.588. The molecule has 0 spiro atoms. The summed E-state index contributed by atoms with van der Waals surface area (Å²) in [5.74, 6) is 2.28. The number of H-pyrrole nitrogens is 1. The molecule has 0 amide bonds. The average Bonchev–Trinajstić information content (AvgIpc) is 2.81. The third kappa shape index (κ3) is 2.61. The van der Waals surface area contributed by atoms with Gasteiger partial charge in [-0.05, 0) is 49.0 Å². The van der Waals surface area contributed by atoms with E-state index < -0.39 is 0 Å². The molecular formula is C17H24N2OS. The van der Waals surface area contributed by atoms with Crippen molar-refractivity contribution in [3.63, 3.8) is 0 Å². The summed E-state index contributed by atoms with van der Waals surface area (Å²) in [4.78, 5) is 3.36. The maximum Gasteiger partial charge on any atom is 0.178 e. The zero-order chi connectivity index (χ0) is 15.0. The van der Waals surface area contributed by atoms with Crippen LogP contribution in [0.15, 0.2) is 18.2 Å². The summed E-state index contributed by atoms with van der Waals surface area (Å²) in [7, 11) is 1.70. The lowest BCUT2D eigenvalue weighted by atomic mass is 9.77. The first kappa shape index (κ1) is 14.6. The van der Waals surface area contributed by atoms with E-state index in [9.17, 15) is 0 Å². The van der Waals surface area contributed by atoms with Crippen molar-refractivity contribution in [2.45, 2.75) is 45.6 Å². The van der Waals surface area contributed by atoms with Crippen molar-refractivity contribution in [2.75, 3.05) is 7.11 Å². The van der Waals surface area contributed by atoms with E-state index in [1.165, 1.54) is 31.2 Å². The highest BCUT2D eigenvalue weighted by Gasteiger charge is 2.30. The molecule has 1 aliphatic rings. The quantitative estimate of drug-likeness (QED) is 0.800. The predicted molar refractivity (Wildman–Crippen MR) is 89.5 cm³/mol. The molecule has 1 N–H and O–H groups in total. The number of rotatable bonds is 3. The van der Waals surface area contributed by atoms with Crippen molar-refractivity contribution in [3.05, 3.63) is 23.0 Å². The van der Waals surface area contributed by atoms with Gasteiger partial charge in [-0.25, -0.2) is 0 Å². The number of ether oxygens (including phenoxy) is 1. The molecule has 4 heteroatoms. The van der Waals surface area contributed by atoms with E-state index in [2.05, 4.69) is 29.5 Å². The first-order valence-corrected chi connectivity index (χ1v) is 8.31. The van der Waals surface area contributed by atoms with E-state index in [1.807, 2.05) is 12.1 Å². The van der Waals surface area contributed by atoms with Crippen LogP contribution >= 0.6 is 12.2 Å². The van der Waals surface area contributed by atoms with Crippen LogP contribution in [0.1, 0.15) is 45.6 Å². The zero-order valence-electron chi connectivity index (χ0n) is 13.1. The molecule has 2 atom stereocenters. The zero-order valence-corrected chi connectivity index (χ0v) is 13.9. The van der Waals surface area contributed by atoms with Gasteiger partial charge in [-0.15, -0.1) is 0 Å². The maximum absolute atomic E-state index is 5.62. The van der Waals surface area contributed by atoms with Crippen LogP contribution in [0.3, 0.4) is 0 Å². The Balaban J connectivity index is 2.10. The van der Waals surface area contributed by atoms with Crippen molar-refractivity contribution < 1.29 is 4.74 Å².